The summed E-state index contributed by atoms with van der Waals surface area (Å²) in [5, 5.41) is 3.49. The second-order valence-electron chi connectivity index (χ2n) is 6.09. The quantitative estimate of drug-likeness (QED) is 0.896. The van der Waals surface area contributed by atoms with Gasteiger partial charge in [-0.1, -0.05) is 6.07 Å². The summed E-state index contributed by atoms with van der Waals surface area (Å²) in [6.07, 6.45) is 5.15. The molecule has 1 unspecified atom stereocenters. The number of aromatic nitrogens is 1. The monoisotopic (exact) mass is 291 g/mol. The van der Waals surface area contributed by atoms with Crippen LogP contribution in [0.4, 0.5) is 5.82 Å². The molecule has 1 aromatic rings. The highest BCUT2D eigenvalue weighted by Gasteiger charge is 2.42. The first-order valence-corrected chi connectivity index (χ1v) is 7.82. The standard InChI is InChI=1S/C16H25N3O2/c1-20-11-10-19-8-5-16(6-9-19)12-14(13-21-16)18-15-4-2-3-7-17-15/h2-4,7,14H,5-6,8-13H2,1H3,(H,17,18). The molecular weight excluding hydrogens is 266 g/mol. The SMILES string of the molecule is COCCN1CCC2(CC1)CC(Nc1ccccn1)CO2. The van der Waals surface area contributed by atoms with Gasteiger partial charge < -0.3 is 19.7 Å². The predicted molar refractivity (Wildman–Crippen MR) is 82.5 cm³/mol. The third kappa shape index (κ3) is 3.73. The molecule has 116 valence electrons. The fourth-order valence-electron chi connectivity index (χ4n) is 3.35. The highest BCUT2D eigenvalue weighted by Crippen LogP contribution is 2.36. The van der Waals surface area contributed by atoms with Gasteiger partial charge in [-0.05, 0) is 31.4 Å². The van der Waals surface area contributed by atoms with E-state index in [2.05, 4.69) is 15.2 Å². The van der Waals surface area contributed by atoms with Gasteiger partial charge in [0.05, 0.1) is 24.9 Å². The number of anilines is 1. The van der Waals surface area contributed by atoms with E-state index in [4.69, 9.17) is 9.47 Å². The van der Waals surface area contributed by atoms with Crippen LogP contribution >= 0.6 is 0 Å². The Balaban J connectivity index is 1.48. The van der Waals surface area contributed by atoms with Crippen LogP contribution in [0.2, 0.25) is 0 Å². The number of ether oxygens (including phenoxy) is 2. The smallest absolute Gasteiger partial charge is 0.126 e. The summed E-state index contributed by atoms with van der Waals surface area (Å²) in [5.74, 6) is 0.945. The zero-order valence-electron chi connectivity index (χ0n) is 12.8. The number of nitrogens with zero attached hydrogens (tertiary/aromatic N) is 2. The van der Waals surface area contributed by atoms with Crippen LogP contribution in [0.25, 0.3) is 0 Å². The van der Waals surface area contributed by atoms with Crippen LogP contribution in [0.15, 0.2) is 24.4 Å². The molecule has 2 fully saturated rings. The average molecular weight is 291 g/mol. The van der Waals surface area contributed by atoms with Crippen molar-refractivity contribution in [3.8, 4) is 0 Å². The van der Waals surface area contributed by atoms with Crippen molar-refractivity contribution < 1.29 is 9.47 Å². The maximum atomic E-state index is 6.17. The van der Waals surface area contributed by atoms with Crippen molar-refractivity contribution >= 4 is 5.82 Å². The molecule has 1 aromatic heterocycles. The fourth-order valence-corrected chi connectivity index (χ4v) is 3.35. The molecule has 3 rings (SSSR count). The minimum Gasteiger partial charge on any atom is -0.383 e. The summed E-state index contributed by atoms with van der Waals surface area (Å²) in [7, 11) is 1.76. The minimum absolute atomic E-state index is 0.0794. The van der Waals surface area contributed by atoms with Crippen molar-refractivity contribution in [1.82, 2.24) is 9.88 Å². The fraction of sp³-hybridized carbons (Fsp3) is 0.688. The molecule has 3 heterocycles. The third-order valence-corrected chi connectivity index (χ3v) is 4.60. The summed E-state index contributed by atoms with van der Waals surface area (Å²) in [5.41, 5.74) is 0.0794. The van der Waals surface area contributed by atoms with E-state index in [0.29, 0.717) is 6.04 Å². The van der Waals surface area contributed by atoms with E-state index in [1.54, 1.807) is 7.11 Å². The van der Waals surface area contributed by atoms with Gasteiger partial charge in [0.15, 0.2) is 0 Å². The van der Waals surface area contributed by atoms with Crippen molar-refractivity contribution in [1.29, 1.82) is 0 Å². The van der Waals surface area contributed by atoms with Crippen LogP contribution in [0, 0.1) is 0 Å². The first-order valence-electron chi connectivity index (χ1n) is 7.82. The number of methoxy groups -OCH3 is 1. The van der Waals surface area contributed by atoms with E-state index in [9.17, 15) is 0 Å². The molecule has 2 aliphatic heterocycles. The van der Waals surface area contributed by atoms with Crippen molar-refractivity contribution in [2.24, 2.45) is 0 Å². The molecule has 5 heteroatoms. The Hall–Kier alpha value is -1.17. The van der Waals surface area contributed by atoms with Crippen molar-refractivity contribution in [2.75, 3.05) is 45.3 Å². The lowest BCUT2D eigenvalue weighted by Crippen LogP contribution is -2.45. The van der Waals surface area contributed by atoms with E-state index in [0.717, 1.165) is 57.9 Å². The number of pyridine rings is 1. The highest BCUT2D eigenvalue weighted by atomic mass is 16.5. The summed E-state index contributed by atoms with van der Waals surface area (Å²) in [6.45, 7) is 4.86. The topological polar surface area (TPSA) is 46.6 Å². The molecule has 21 heavy (non-hydrogen) atoms. The summed E-state index contributed by atoms with van der Waals surface area (Å²) in [4.78, 5) is 6.80. The normalized spacial score (nSPS) is 25.3. The molecule has 0 aromatic carbocycles. The maximum absolute atomic E-state index is 6.17. The van der Waals surface area contributed by atoms with Crippen LogP contribution < -0.4 is 5.32 Å². The predicted octanol–water partition coefficient (Wildman–Crippen LogP) is 1.76. The maximum Gasteiger partial charge on any atom is 0.126 e. The Morgan fingerprint density at radius 2 is 2.29 bits per heavy atom. The molecule has 5 nitrogen and oxygen atoms in total. The molecular formula is C16H25N3O2. The van der Waals surface area contributed by atoms with Crippen LogP contribution in [-0.4, -0.2) is 61.5 Å². The lowest BCUT2D eigenvalue weighted by Gasteiger charge is -2.38. The Bertz CT molecular complexity index is 432. The summed E-state index contributed by atoms with van der Waals surface area (Å²) >= 11 is 0. The highest BCUT2D eigenvalue weighted by molar-refractivity contribution is 5.35. The first kappa shape index (κ1) is 14.8. The molecule has 0 radical (unpaired) electrons. The largest absolute Gasteiger partial charge is 0.383 e. The average Bonchev–Trinajstić information content (AvgIpc) is 2.91. The van der Waals surface area contributed by atoms with E-state index in [-0.39, 0.29) is 5.60 Å². The Kier molecular flexibility index (Phi) is 4.73. The van der Waals surface area contributed by atoms with Crippen molar-refractivity contribution in [3.63, 3.8) is 0 Å². The Labute approximate surface area is 126 Å². The van der Waals surface area contributed by atoms with Gasteiger partial charge in [0.25, 0.3) is 0 Å². The van der Waals surface area contributed by atoms with Crippen molar-refractivity contribution in [2.45, 2.75) is 30.9 Å². The third-order valence-electron chi connectivity index (χ3n) is 4.60. The summed E-state index contributed by atoms with van der Waals surface area (Å²) < 4.78 is 11.3. The molecule has 0 amide bonds. The lowest BCUT2D eigenvalue weighted by molar-refractivity contribution is -0.0459. The lowest BCUT2D eigenvalue weighted by atomic mass is 9.87. The van der Waals surface area contributed by atoms with Gasteiger partial charge >= 0.3 is 0 Å². The van der Waals surface area contributed by atoms with Gasteiger partial charge in [0.2, 0.25) is 0 Å². The Morgan fingerprint density at radius 3 is 3.00 bits per heavy atom. The number of nitrogens with one attached hydrogen (secondary N) is 1. The van der Waals surface area contributed by atoms with Gasteiger partial charge in [-0.15, -0.1) is 0 Å². The second-order valence-corrected chi connectivity index (χ2v) is 6.09. The zero-order chi connectivity index (χ0) is 14.5. The molecule has 0 aliphatic carbocycles. The number of piperidine rings is 1. The molecule has 0 bridgehead atoms. The molecule has 1 spiro atoms. The molecule has 2 saturated heterocycles. The summed E-state index contributed by atoms with van der Waals surface area (Å²) in [6, 6.07) is 6.34. The van der Waals surface area contributed by atoms with Crippen LogP contribution in [0.5, 0.6) is 0 Å². The van der Waals surface area contributed by atoms with Gasteiger partial charge in [-0.3, -0.25) is 0 Å². The second kappa shape index (κ2) is 6.73. The van der Waals surface area contributed by atoms with E-state index < -0.39 is 0 Å². The minimum atomic E-state index is 0.0794. The zero-order valence-corrected chi connectivity index (χ0v) is 12.8. The number of likely N-dealkylation sites (tertiary alicyclic amines) is 1. The number of hydrogen-bond acceptors (Lipinski definition) is 5. The molecule has 2 aliphatic rings. The molecule has 0 saturated carbocycles. The number of rotatable bonds is 5. The first-order chi connectivity index (χ1) is 10.3. The van der Waals surface area contributed by atoms with Gasteiger partial charge in [-0.2, -0.15) is 0 Å². The van der Waals surface area contributed by atoms with Gasteiger partial charge in [-0.25, -0.2) is 4.98 Å². The molecule has 1 N–H and O–H groups in total. The van der Waals surface area contributed by atoms with Gasteiger partial charge in [0, 0.05) is 32.9 Å². The van der Waals surface area contributed by atoms with E-state index in [1.165, 1.54) is 0 Å². The van der Waals surface area contributed by atoms with E-state index in [1.807, 2.05) is 24.4 Å². The van der Waals surface area contributed by atoms with Crippen LogP contribution in [-0.2, 0) is 9.47 Å². The van der Waals surface area contributed by atoms with E-state index >= 15 is 0 Å². The van der Waals surface area contributed by atoms with Gasteiger partial charge in [0.1, 0.15) is 5.82 Å². The van der Waals surface area contributed by atoms with Crippen molar-refractivity contribution in [3.05, 3.63) is 24.4 Å². The Morgan fingerprint density at radius 1 is 1.43 bits per heavy atom. The van der Waals surface area contributed by atoms with Crippen LogP contribution in [0.1, 0.15) is 19.3 Å². The number of hydrogen-bond donors (Lipinski definition) is 1. The molecule has 1 atom stereocenters. The van der Waals surface area contributed by atoms with Crippen LogP contribution in [0.3, 0.4) is 0 Å².